The van der Waals surface area contributed by atoms with Crippen molar-refractivity contribution < 1.29 is 9.21 Å². The molecule has 96 valence electrons. The summed E-state index contributed by atoms with van der Waals surface area (Å²) in [6, 6.07) is 7.06. The van der Waals surface area contributed by atoms with Crippen molar-refractivity contribution in [1.29, 1.82) is 0 Å². The molecule has 4 rings (SSSR count). The molecule has 0 saturated heterocycles. The highest BCUT2D eigenvalue weighted by Gasteiger charge is 2.41. The number of para-hydroxylation sites is 2. The topological polar surface area (TPSA) is 52.2 Å². The van der Waals surface area contributed by atoms with E-state index in [9.17, 15) is 9.59 Å². The fraction of sp³-hybridized carbons (Fsp3) is 0.333. The summed E-state index contributed by atoms with van der Waals surface area (Å²) in [7, 11) is 0. The molecule has 4 heteroatoms. The number of allylic oxidation sites excluding steroid dienone is 2. The SMILES string of the molecule is O=C(C1CC2C=CC1C2)n1c(=O)oc2ccccc21. The Hall–Kier alpha value is -2.10. The van der Waals surface area contributed by atoms with Crippen LogP contribution in [0.15, 0.2) is 45.6 Å². The van der Waals surface area contributed by atoms with Gasteiger partial charge in [-0.25, -0.2) is 9.36 Å². The van der Waals surface area contributed by atoms with E-state index in [0.29, 0.717) is 17.0 Å². The molecule has 3 unspecified atom stereocenters. The summed E-state index contributed by atoms with van der Waals surface area (Å²) in [5.41, 5.74) is 1.05. The first kappa shape index (κ1) is 10.8. The predicted molar refractivity (Wildman–Crippen MR) is 69.9 cm³/mol. The second kappa shape index (κ2) is 3.70. The number of benzene rings is 1. The molecule has 1 fully saturated rings. The maximum atomic E-state index is 12.6. The standard InChI is InChI=1S/C15H13NO3/c17-14(11-8-9-5-6-10(11)7-9)16-12-3-1-2-4-13(12)19-15(16)18/h1-6,9-11H,7-8H2. The van der Waals surface area contributed by atoms with Crippen LogP contribution in [0.3, 0.4) is 0 Å². The van der Waals surface area contributed by atoms with Crippen molar-refractivity contribution in [2.75, 3.05) is 0 Å². The molecule has 0 aliphatic heterocycles. The van der Waals surface area contributed by atoms with Gasteiger partial charge in [0.05, 0.1) is 5.52 Å². The Bertz CT molecular complexity index is 752. The average molecular weight is 255 g/mol. The van der Waals surface area contributed by atoms with Crippen LogP contribution in [0, 0.1) is 17.8 Å². The van der Waals surface area contributed by atoms with Crippen molar-refractivity contribution in [3.05, 3.63) is 47.0 Å². The molecule has 19 heavy (non-hydrogen) atoms. The normalized spacial score (nSPS) is 28.3. The highest BCUT2D eigenvalue weighted by Crippen LogP contribution is 2.44. The Morgan fingerprint density at radius 2 is 2.05 bits per heavy atom. The van der Waals surface area contributed by atoms with E-state index in [0.717, 1.165) is 12.8 Å². The lowest BCUT2D eigenvalue weighted by molar-refractivity contribution is 0.0810. The van der Waals surface area contributed by atoms with E-state index in [4.69, 9.17) is 4.42 Å². The second-order valence-corrected chi connectivity index (χ2v) is 5.40. The zero-order chi connectivity index (χ0) is 13.0. The Balaban J connectivity index is 1.82. The van der Waals surface area contributed by atoms with Crippen molar-refractivity contribution in [2.45, 2.75) is 12.8 Å². The number of fused-ring (bicyclic) bond motifs is 3. The van der Waals surface area contributed by atoms with Crippen LogP contribution < -0.4 is 5.76 Å². The third-order valence-electron chi connectivity index (χ3n) is 4.30. The zero-order valence-corrected chi connectivity index (χ0v) is 10.3. The van der Waals surface area contributed by atoms with E-state index in [-0.39, 0.29) is 17.7 Å². The maximum Gasteiger partial charge on any atom is 0.426 e. The minimum absolute atomic E-state index is 0.0753. The fourth-order valence-corrected chi connectivity index (χ4v) is 3.41. The monoisotopic (exact) mass is 255 g/mol. The number of hydrogen-bond acceptors (Lipinski definition) is 3. The van der Waals surface area contributed by atoms with Crippen LogP contribution in [0.1, 0.15) is 17.6 Å². The molecule has 1 heterocycles. The van der Waals surface area contributed by atoms with E-state index < -0.39 is 5.76 Å². The van der Waals surface area contributed by atoms with Crippen LogP contribution in [-0.2, 0) is 0 Å². The lowest BCUT2D eigenvalue weighted by Crippen LogP contribution is -2.31. The van der Waals surface area contributed by atoms with Gasteiger partial charge in [0.25, 0.3) is 0 Å². The number of carbonyl (C=O) groups is 1. The Kier molecular flexibility index (Phi) is 2.10. The van der Waals surface area contributed by atoms with Crippen LogP contribution in [0.2, 0.25) is 0 Å². The summed E-state index contributed by atoms with van der Waals surface area (Å²) in [6.45, 7) is 0. The summed E-state index contributed by atoms with van der Waals surface area (Å²) >= 11 is 0. The average Bonchev–Trinajstić information content (AvgIpc) is 3.10. The zero-order valence-electron chi connectivity index (χ0n) is 10.3. The number of hydrogen-bond donors (Lipinski definition) is 0. The molecular weight excluding hydrogens is 242 g/mol. The minimum Gasteiger partial charge on any atom is -0.407 e. The summed E-state index contributed by atoms with van der Waals surface area (Å²) in [5.74, 6) is 0.0318. The Morgan fingerprint density at radius 1 is 1.21 bits per heavy atom. The van der Waals surface area contributed by atoms with E-state index in [1.165, 1.54) is 4.57 Å². The molecular formula is C15H13NO3. The minimum atomic E-state index is -0.571. The summed E-state index contributed by atoms with van der Waals surface area (Å²) in [4.78, 5) is 24.5. The van der Waals surface area contributed by atoms with Gasteiger partial charge in [-0.3, -0.25) is 4.79 Å². The maximum absolute atomic E-state index is 12.6. The molecule has 0 radical (unpaired) electrons. The van der Waals surface area contributed by atoms with Crippen molar-refractivity contribution in [1.82, 2.24) is 4.57 Å². The lowest BCUT2D eigenvalue weighted by atomic mass is 9.93. The van der Waals surface area contributed by atoms with Gasteiger partial charge in [-0.1, -0.05) is 24.3 Å². The molecule has 1 aromatic heterocycles. The largest absolute Gasteiger partial charge is 0.426 e. The molecule has 0 amide bonds. The van der Waals surface area contributed by atoms with Gasteiger partial charge in [-0.15, -0.1) is 0 Å². The third kappa shape index (κ3) is 1.46. The predicted octanol–water partition coefficient (Wildman–Crippen LogP) is 2.45. The molecule has 0 N–H and O–H groups in total. The van der Waals surface area contributed by atoms with Gasteiger partial charge in [-0.05, 0) is 36.8 Å². The number of carbonyl (C=O) groups excluding carboxylic acids is 1. The van der Waals surface area contributed by atoms with Crippen molar-refractivity contribution in [3.8, 4) is 0 Å². The molecule has 2 bridgehead atoms. The van der Waals surface area contributed by atoms with E-state index >= 15 is 0 Å². The quantitative estimate of drug-likeness (QED) is 0.735. The Labute approximate surface area is 109 Å². The van der Waals surface area contributed by atoms with Crippen LogP contribution in [0.5, 0.6) is 0 Å². The first-order valence-electron chi connectivity index (χ1n) is 6.57. The second-order valence-electron chi connectivity index (χ2n) is 5.40. The van der Waals surface area contributed by atoms with Gasteiger partial charge in [0.15, 0.2) is 5.58 Å². The highest BCUT2D eigenvalue weighted by molar-refractivity contribution is 5.91. The summed E-state index contributed by atoms with van der Waals surface area (Å²) in [6.07, 6.45) is 6.20. The van der Waals surface area contributed by atoms with Gasteiger partial charge in [0, 0.05) is 5.92 Å². The van der Waals surface area contributed by atoms with Gasteiger partial charge >= 0.3 is 5.76 Å². The third-order valence-corrected chi connectivity index (χ3v) is 4.30. The van der Waals surface area contributed by atoms with E-state index in [1.54, 1.807) is 18.2 Å². The number of aromatic nitrogens is 1. The van der Waals surface area contributed by atoms with E-state index in [2.05, 4.69) is 12.2 Å². The lowest BCUT2D eigenvalue weighted by Gasteiger charge is -2.16. The molecule has 0 spiro atoms. The first-order valence-corrected chi connectivity index (χ1v) is 6.57. The van der Waals surface area contributed by atoms with Gasteiger partial charge in [0.2, 0.25) is 5.91 Å². The molecule has 2 aliphatic carbocycles. The summed E-state index contributed by atoms with van der Waals surface area (Å²) in [5, 5.41) is 0. The van der Waals surface area contributed by atoms with E-state index in [1.807, 2.05) is 6.07 Å². The summed E-state index contributed by atoms with van der Waals surface area (Å²) < 4.78 is 6.33. The van der Waals surface area contributed by atoms with Crippen LogP contribution in [-0.4, -0.2) is 10.5 Å². The molecule has 3 atom stereocenters. The fourth-order valence-electron chi connectivity index (χ4n) is 3.41. The van der Waals surface area contributed by atoms with Crippen LogP contribution >= 0.6 is 0 Å². The number of oxazole rings is 1. The number of nitrogens with zero attached hydrogens (tertiary/aromatic N) is 1. The molecule has 2 aromatic rings. The van der Waals surface area contributed by atoms with Gasteiger partial charge < -0.3 is 4.42 Å². The van der Waals surface area contributed by atoms with Crippen LogP contribution in [0.4, 0.5) is 0 Å². The Morgan fingerprint density at radius 3 is 2.79 bits per heavy atom. The molecule has 2 aliphatic rings. The molecule has 1 aromatic carbocycles. The molecule has 1 saturated carbocycles. The molecule has 4 nitrogen and oxygen atoms in total. The number of rotatable bonds is 1. The van der Waals surface area contributed by atoms with Crippen molar-refractivity contribution >= 4 is 17.0 Å². The van der Waals surface area contributed by atoms with Crippen molar-refractivity contribution in [2.24, 2.45) is 17.8 Å². The first-order chi connectivity index (χ1) is 9.24. The van der Waals surface area contributed by atoms with Gasteiger partial charge in [-0.2, -0.15) is 0 Å². The van der Waals surface area contributed by atoms with Gasteiger partial charge in [0.1, 0.15) is 0 Å². The smallest absolute Gasteiger partial charge is 0.407 e. The van der Waals surface area contributed by atoms with Crippen molar-refractivity contribution in [3.63, 3.8) is 0 Å². The highest BCUT2D eigenvalue weighted by atomic mass is 16.4. The van der Waals surface area contributed by atoms with Crippen LogP contribution in [0.25, 0.3) is 11.1 Å².